The predicted octanol–water partition coefficient (Wildman–Crippen LogP) is 6.69. The zero-order valence-corrected chi connectivity index (χ0v) is 26.8. The highest BCUT2D eigenvalue weighted by molar-refractivity contribution is 7.18. The van der Waals surface area contributed by atoms with E-state index in [4.69, 9.17) is 9.47 Å². The summed E-state index contributed by atoms with van der Waals surface area (Å²) in [5, 5.41) is 5.64. The highest BCUT2D eigenvalue weighted by Crippen LogP contribution is 2.40. The fraction of sp³-hybridized carbons (Fsp3) is 0.353. The molecule has 2 atom stereocenters. The molecule has 2 unspecified atom stereocenters. The number of methoxy groups -OCH3 is 2. The summed E-state index contributed by atoms with van der Waals surface area (Å²) >= 11 is 3.10. The lowest BCUT2D eigenvalue weighted by atomic mass is 9.80. The summed E-state index contributed by atoms with van der Waals surface area (Å²) in [7, 11) is 2.74. The molecule has 8 nitrogen and oxygen atoms in total. The predicted molar refractivity (Wildman–Crippen MR) is 174 cm³/mol. The fourth-order valence-electron chi connectivity index (χ4n) is 6.27. The molecule has 2 aliphatic rings. The van der Waals surface area contributed by atoms with Crippen LogP contribution in [0.4, 0.5) is 0 Å². The van der Waals surface area contributed by atoms with Gasteiger partial charge in [0.2, 0.25) is 0 Å². The second-order valence-electron chi connectivity index (χ2n) is 11.0. The van der Waals surface area contributed by atoms with E-state index in [1.807, 2.05) is 66.2 Å². The summed E-state index contributed by atoms with van der Waals surface area (Å²) in [6.45, 7) is 6.90. The van der Waals surface area contributed by atoms with Crippen molar-refractivity contribution in [1.82, 2.24) is 9.80 Å². The average Bonchev–Trinajstić information content (AvgIpc) is 3.65. The second kappa shape index (κ2) is 12.9. The normalized spacial score (nSPS) is 20.6. The number of likely N-dealkylation sites (tertiary alicyclic amines) is 2. The van der Waals surface area contributed by atoms with Crippen LogP contribution in [0.15, 0.2) is 71.9 Å². The minimum atomic E-state index is -0.892. The lowest BCUT2D eigenvalue weighted by molar-refractivity contribution is -0.162. The van der Waals surface area contributed by atoms with Crippen molar-refractivity contribution in [3.63, 3.8) is 0 Å². The molecule has 2 aromatic carbocycles. The van der Waals surface area contributed by atoms with E-state index in [1.165, 1.54) is 25.6 Å². The number of ether oxygens (including phenoxy) is 2. The Labute approximate surface area is 264 Å². The number of hydrogen-bond donors (Lipinski definition) is 0. The van der Waals surface area contributed by atoms with Gasteiger partial charge in [-0.1, -0.05) is 55.8 Å². The van der Waals surface area contributed by atoms with Crippen molar-refractivity contribution < 1.29 is 28.7 Å². The standard InChI is InChI=1S/C17H19NO3S.C17H17NO3S/c2*1-3-8-17(16(20)21-2)9-10-18(17)15(19)13-11-22-14-7-5-4-6-12(13)14/h4-7,11H,3,8-10H2,1-2H3;3-7,11H,1,8-10H2,2H3. The molecule has 2 amide bonds. The first-order valence-electron chi connectivity index (χ1n) is 14.6. The van der Waals surface area contributed by atoms with Gasteiger partial charge >= 0.3 is 11.9 Å². The molecule has 0 radical (unpaired) electrons. The van der Waals surface area contributed by atoms with Crippen LogP contribution in [0.5, 0.6) is 0 Å². The van der Waals surface area contributed by atoms with Crippen molar-refractivity contribution in [2.24, 2.45) is 0 Å². The SMILES string of the molecule is C=CCC1(C(=O)OC)CCN1C(=O)c1csc2ccccc12.CCCC1(C(=O)OC)CCN1C(=O)c1csc2ccccc12. The Morgan fingerprint density at radius 1 is 0.795 bits per heavy atom. The number of fused-ring (bicyclic) bond motifs is 2. The maximum absolute atomic E-state index is 12.9. The van der Waals surface area contributed by atoms with Gasteiger partial charge in [-0.15, -0.1) is 29.3 Å². The molecule has 0 aliphatic carbocycles. The highest BCUT2D eigenvalue weighted by atomic mass is 32.1. The molecular formula is C34H36N2O6S2. The summed E-state index contributed by atoms with van der Waals surface area (Å²) in [5.74, 6) is -0.849. The van der Waals surface area contributed by atoms with Gasteiger partial charge in [-0.05, 0) is 37.8 Å². The molecule has 0 saturated carbocycles. The molecule has 10 heteroatoms. The summed E-state index contributed by atoms with van der Waals surface area (Å²) in [4.78, 5) is 53.6. The summed E-state index contributed by atoms with van der Waals surface area (Å²) in [6, 6.07) is 15.7. The fourth-order valence-corrected chi connectivity index (χ4v) is 8.14. The van der Waals surface area contributed by atoms with E-state index in [9.17, 15) is 19.2 Å². The lowest BCUT2D eigenvalue weighted by Crippen LogP contribution is -2.66. The zero-order valence-electron chi connectivity index (χ0n) is 25.2. The molecule has 2 aliphatic heterocycles. The van der Waals surface area contributed by atoms with Gasteiger partial charge in [0.15, 0.2) is 0 Å². The largest absolute Gasteiger partial charge is 0.467 e. The first-order chi connectivity index (χ1) is 21.3. The van der Waals surface area contributed by atoms with Crippen molar-refractivity contribution in [3.8, 4) is 0 Å². The Balaban J connectivity index is 0.000000175. The van der Waals surface area contributed by atoms with Gasteiger partial charge in [0, 0.05) is 44.0 Å². The number of rotatable bonds is 8. The lowest BCUT2D eigenvalue weighted by Gasteiger charge is -2.50. The highest BCUT2D eigenvalue weighted by Gasteiger charge is 2.54. The van der Waals surface area contributed by atoms with Crippen molar-refractivity contribution in [2.45, 2.75) is 50.1 Å². The number of amides is 2. The summed E-state index contributed by atoms with van der Waals surface area (Å²) in [5.41, 5.74) is -0.331. The molecule has 230 valence electrons. The molecule has 2 fully saturated rings. The van der Waals surface area contributed by atoms with Crippen LogP contribution in [-0.4, -0.2) is 71.9 Å². The van der Waals surface area contributed by atoms with Crippen LogP contribution in [0.3, 0.4) is 0 Å². The summed E-state index contributed by atoms with van der Waals surface area (Å²) < 4.78 is 12.0. The quantitative estimate of drug-likeness (QED) is 0.159. The molecule has 4 aromatic rings. The van der Waals surface area contributed by atoms with Gasteiger partial charge < -0.3 is 19.3 Å². The van der Waals surface area contributed by atoms with Crippen molar-refractivity contribution in [3.05, 3.63) is 83.1 Å². The van der Waals surface area contributed by atoms with Crippen LogP contribution in [0.25, 0.3) is 20.2 Å². The van der Waals surface area contributed by atoms with Crippen LogP contribution in [0.2, 0.25) is 0 Å². The number of carbonyl (C=O) groups is 4. The molecule has 2 aromatic heterocycles. The van der Waals surface area contributed by atoms with E-state index in [0.717, 1.165) is 26.6 Å². The van der Waals surface area contributed by atoms with Crippen molar-refractivity contribution >= 4 is 66.6 Å². The molecule has 2 saturated heterocycles. The molecule has 4 heterocycles. The Kier molecular flexibility index (Phi) is 9.22. The smallest absolute Gasteiger partial charge is 0.332 e. The van der Waals surface area contributed by atoms with Crippen LogP contribution >= 0.6 is 22.7 Å². The topological polar surface area (TPSA) is 93.2 Å². The van der Waals surface area contributed by atoms with Crippen molar-refractivity contribution in [2.75, 3.05) is 27.3 Å². The number of benzene rings is 2. The number of carbonyl (C=O) groups excluding carboxylic acids is 4. The van der Waals surface area contributed by atoms with E-state index < -0.39 is 11.1 Å². The third-order valence-corrected chi connectivity index (χ3v) is 10.6. The number of thiophene rings is 2. The van der Waals surface area contributed by atoms with Crippen LogP contribution in [0.1, 0.15) is 59.7 Å². The Bertz CT molecular complexity index is 1730. The van der Waals surface area contributed by atoms with Gasteiger partial charge in [0.25, 0.3) is 11.8 Å². The summed E-state index contributed by atoms with van der Waals surface area (Å²) in [6.07, 6.45) is 4.85. The molecule has 44 heavy (non-hydrogen) atoms. The van der Waals surface area contributed by atoms with Gasteiger partial charge in [-0.2, -0.15) is 0 Å². The van der Waals surface area contributed by atoms with Crippen LogP contribution < -0.4 is 0 Å². The monoisotopic (exact) mass is 632 g/mol. The van der Waals surface area contributed by atoms with Gasteiger partial charge in [-0.25, -0.2) is 9.59 Å². The minimum absolute atomic E-state index is 0.0671. The first-order valence-corrected chi connectivity index (χ1v) is 16.4. The minimum Gasteiger partial charge on any atom is -0.467 e. The third-order valence-electron chi connectivity index (χ3n) is 8.72. The Morgan fingerprint density at radius 3 is 1.66 bits per heavy atom. The van der Waals surface area contributed by atoms with E-state index in [2.05, 4.69) is 6.58 Å². The number of nitrogens with zero attached hydrogens (tertiary/aromatic N) is 2. The maximum atomic E-state index is 12.9. The van der Waals surface area contributed by atoms with Gasteiger partial charge in [0.1, 0.15) is 11.1 Å². The third kappa shape index (κ3) is 5.20. The van der Waals surface area contributed by atoms with Gasteiger partial charge in [0.05, 0.1) is 25.3 Å². The number of esters is 2. The van der Waals surface area contributed by atoms with Crippen LogP contribution in [-0.2, 0) is 19.1 Å². The van der Waals surface area contributed by atoms with E-state index in [0.29, 0.717) is 49.9 Å². The molecule has 0 N–H and O–H groups in total. The maximum Gasteiger partial charge on any atom is 0.332 e. The molecule has 6 rings (SSSR count). The molecule has 0 bridgehead atoms. The zero-order chi connectivity index (χ0) is 31.5. The first kappa shape index (κ1) is 31.4. The Morgan fingerprint density at radius 2 is 1.25 bits per heavy atom. The van der Waals surface area contributed by atoms with E-state index in [1.54, 1.807) is 27.2 Å². The molecular weight excluding hydrogens is 597 g/mol. The average molecular weight is 633 g/mol. The van der Waals surface area contributed by atoms with Crippen molar-refractivity contribution in [1.29, 1.82) is 0 Å². The molecule has 0 spiro atoms. The van der Waals surface area contributed by atoms with E-state index >= 15 is 0 Å². The Hall–Kier alpha value is -4.02. The van der Waals surface area contributed by atoms with Gasteiger partial charge in [-0.3, -0.25) is 9.59 Å². The number of hydrogen-bond acceptors (Lipinski definition) is 8. The second-order valence-corrected chi connectivity index (χ2v) is 12.8. The van der Waals surface area contributed by atoms with E-state index in [-0.39, 0.29) is 23.8 Å². The van der Waals surface area contributed by atoms with Crippen LogP contribution in [0, 0.1) is 0 Å².